The van der Waals surface area contributed by atoms with Gasteiger partial charge >= 0.3 is 0 Å². The lowest BCUT2D eigenvalue weighted by atomic mass is 10.1. The summed E-state index contributed by atoms with van der Waals surface area (Å²) >= 11 is 10.9. The van der Waals surface area contributed by atoms with Gasteiger partial charge in [-0.05, 0) is 30.3 Å². The zero-order valence-corrected chi connectivity index (χ0v) is 12.2. The Balaban J connectivity index is 2.28. The van der Waals surface area contributed by atoms with E-state index in [4.69, 9.17) is 29.6 Å². The van der Waals surface area contributed by atoms with Crippen molar-refractivity contribution in [2.24, 2.45) is 5.73 Å². The average molecular weight is 323 g/mol. The lowest BCUT2D eigenvalue weighted by molar-refractivity contribution is 0.102. The van der Waals surface area contributed by atoms with Crippen LogP contribution in [0.4, 0.5) is 5.69 Å². The Hall–Kier alpha value is -2.31. The molecule has 0 aliphatic heterocycles. The molecule has 0 saturated carbocycles. The molecule has 0 atom stereocenters. The van der Waals surface area contributed by atoms with Crippen LogP contribution in [-0.4, -0.2) is 21.1 Å². The van der Waals surface area contributed by atoms with Crippen molar-refractivity contribution in [1.29, 1.82) is 0 Å². The number of aromatic hydroxyl groups is 2. The quantitative estimate of drug-likeness (QED) is 0.514. The molecule has 2 aromatic rings. The molecule has 0 spiro atoms. The predicted molar refractivity (Wildman–Crippen MR) is 85.1 cm³/mol. The van der Waals surface area contributed by atoms with Crippen LogP contribution in [0.15, 0.2) is 36.4 Å². The van der Waals surface area contributed by atoms with Gasteiger partial charge in [0.2, 0.25) is 0 Å². The summed E-state index contributed by atoms with van der Waals surface area (Å²) in [6, 6.07) is 8.79. The molecule has 2 rings (SSSR count). The monoisotopic (exact) mass is 322 g/mol. The average Bonchev–Trinajstić information content (AvgIpc) is 2.43. The minimum absolute atomic E-state index is 0.0653. The standard InChI is InChI=1S/C14H11ClN2O3S/c15-9-6-7(13(16)21)4-5-10(9)17-14(20)8-2-1-3-11(18)12(8)19/h1-6,18-19H,(H2,16,21)(H,17,20). The molecule has 108 valence electrons. The summed E-state index contributed by atoms with van der Waals surface area (Å²) in [7, 11) is 0. The van der Waals surface area contributed by atoms with E-state index >= 15 is 0 Å². The molecular formula is C14H11ClN2O3S. The smallest absolute Gasteiger partial charge is 0.259 e. The molecule has 0 radical (unpaired) electrons. The number of amides is 1. The lowest BCUT2D eigenvalue weighted by Gasteiger charge is -2.10. The first kappa shape index (κ1) is 15.1. The number of thiocarbonyl (C=S) groups is 1. The van der Waals surface area contributed by atoms with E-state index in [-0.39, 0.29) is 21.3 Å². The van der Waals surface area contributed by atoms with Gasteiger partial charge in [0.05, 0.1) is 16.3 Å². The Morgan fingerprint density at radius 3 is 2.57 bits per heavy atom. The first-order chi connectivity index (χ1) is 9.90. The predicted octanol–water partition coefficient (Wildman–Crippen LogP) is 2.64. The maximum atomic E-state index is 12.1. The van der Waals surface area contributed by atoms with Crippen molar-refractivity contribution in [3.8, 4) is 11.5 Å². The molecule has 0 fully saturated rings. The summed E-state index contributed by atoms with van der Waals surface area (Å²) in [5, 5.41) is 21.8. The number of benzene rings is 2. The first-order valence-electron chi connectivity index (χ1n) is 5.82. The highest BCUT2D eigenvalue weighted by Crippen LogP contribution is 2.30. The molecule has 0 unspecified atom stereocenters. The minimum atomic E-state index is -0.603. The van der Waals surface area contributed by atoms with Crippen molar-refractivity contribution in [1.82, 2.24) is 0 Å². The third-order valence-corrected chi connectivity index (χ3v) is 3.31. The van der Waals surface area contributed by atoms with E-state index in [0.717, 1.165) is 0 Å². The van der Waals surface area contributed by atoms with Crippen LogP contribution in [0, 0.1) is 0 Å². The van der Waals surface area contributed by atoms with E-state index in [9.17, 15) is 15.0 Å². The summed E-state index contributed by atoms with van der Waals surface area (Å²) in [4.78, 5) is 12.3. The third kappa shape index (κ3) is 3.24. The highest BCUT2D eigenvalue weighted by atomic mass is 35.5. The van der Waals surface area contributed by atoms with Gasteiger partial charge in [-0.1, -0.05) is 29.9 Å². The molecule has 5 nitrogen and oxygen atoms in total. The number of nitrogens with two attached hydrogens (primary N) is 1. The van der Waals surface area contributed by atoms with Crippen LogP contribution in [0.1, 0.15) is 15.9 Å². The number of carbonyl (C=O) groups is 1. The molecule has 21 heavy (non-hydrogen) atoms. The van der Waals surface area contributed by atoms with E-state index in [0.29, 0.717) is 11.3 Å². The van der Waals surface area contributed by atoms with Crippen molar-refractivity contribution in [3.05, 3.63) is 52.5 Å². The summed E-state index contributed by atoms with van der Waals surface area (Å²) in [6.45, 7) is 0. The fourth-order valence-electron chi connectivity index (χ4n) is 1.67. The number of phenolic OH excluding ortho intramolecular Hbond substituents is 2. The molecule has 2 aromatic carbocycles. The van der Waals surface area contributed by atoms with Gasteiger partial charge in [0.25, 0.3) is 5.91 Å². The Bertz CT molecular complexity index is 734. The molecular weight excluding hydrogens is 312 g/mol. The fourth-order valence-corrected chi connectivity index (χ4v) is 2.03. The minimum Gasteiger partial charge on any atom is -0.504 e. The second kappa shape index (κ2) is 5.99. The Kier molecular flexibility index (Phi) is 4.30. The first-order valence-corrected chi connectivity index (χ1v) is 6.60. The molecule has 7 heteroatoms. The summed E-state index contributed by atoms with van der Waals surface area (Å²) in [6.07, 6.45) is 0. The summed E-state index contributed by atoms with van der Waals surface area (Å²) in [5.74, 6) is -1.48. The number of hydrogen-bond donors (Lipinski definition) is 4. The van der Waals surface area contributed by atoms with Crippen molar-refractivity contribution in [3.63, 3.8) is 0 Å². The van der Waals surface area contributed by atoms with E-state index in [1.807, 2.05) is 0 Å². The number of nitrogens with one attached hydrogen (secondary N) is 1. The molecule has 0 aliphatic rings. The highest BCUT2D eigenvalue weighted by Gasteiger charge is 2.15. The fraction of sp³-hybridized carbons (Fsp3) is 0. The molecule has 0 aliphatic carbocycles. The van der Waals surface area contributed by atoms with Crippen molar-refractivity contribution < 1.29 is 15.0 Å². The largest absolute Gasteiger partial charge is 0.504 e. The Morgan fingerprint density at radius 1 is 1.24 bits per heavy atom. The molecule has 0 aromatic heterocycles. The third-order valence-electron chi connectivity index (χ3n) is 2.76. The van der Waals surface area contributed by atoms with Gasteiger partial charge in [0.1, 0.15) is 4.99 Å². The van der Waals surface area contributed by atoms with Crippen LogP contribution in [0.3, 0.4) is 0 Å². The second-order valence-corrected chi connectivity index (χ2v) is 5.03. The number of halogens is 1. The number of para-hydroxylation sites is 1. The maximum Gasteiger partial charge on any atom is 0.259 e. The Labute approximate surface area is 131 Å². The Morgan fingerprint density at radius 2 is 1.95 bits per heavy atom. The van der Waals surface area contributed by atoms with Crippen LogP contribution >= 0.6 is 23.8 Å². The number of rotatable bonds is 3. The van der Waals surface area contributed by atoms with Crippen LogP contribution in [0.5, 0.6) is 11.5 Å². The number of phenols is 2. The van der Waals surface area contributed by atoms with Crippen molar-refractivity contribution in [2.45, 2.75) is 0 Å². The number of anilines is 1. The van der Waals surface area contributed by atoms with E-state index in [1.54, 1.807) is 12.1 Å². The van der Waals surface area contributed by atoms with Gasteiger partial charge in [-0.25, -0.2) is 0 Å². The van der Waals surface area contributed by atoms with Crippen molar-refractivity contribution in [2.75, 3.05) is 5.32 Å². The van der Waals surface area contributed by atoms with Gasteiger partial charge < -0.3 is 21.3 Å². The SMILES string of the molecule is NC(=S)c1ccc(NC(=O)c2cccc(O)c2O)c(Cl)c1. The van der Waals surface area contributed by atoms with Gasteiger partial charge in [-0.15, -0.1) is 0 Å². The molecule has 0 bridgehead atoms. The van der Waals surface area contributed by atoms with Crippen LogP contribution in [-0.2, 0) is 0 Å². The lowest BCUT2D eigenvalue weighted by Crippen LogP contribution is -2.13. The summed E-state index contributed by atoms with van der Waals surface area (Å²) in [5.41, 5.74) is 6.34. The van der Waals surface area contributed by atoms with Gasteiger partial charge in [-0.3, -0.25) is 4.79 Å². The highest BCUT2D eigenvalue weighted by molar-refractivity contribution is 7.80. The molecule has 0 saturated heterocycles. The van der Waals surface area contributed by atoms with Gasteiger partial charge in [0, 0.05) is 5.56 Å². The van der Waals surface area contributed by atoms with E-state index in [1.165, 1.54) is 24.3 Å². The maximum absolute atomic E-state index is 12.1. The van der Waals surface area contributed by atoms with Crippen molar-refractivity contribution >= 4 is 40.4 Å². The topological polar surface area (TPSA) is 95.6 Å². The van der Waals surface area contributed by atoms with E-state index < -0.39 is 11.7 Å². The molecule has 1 amide bonds. The van der Waals surface area contributed by atoms with Gasteiger partial charge in [-0.2, -0.15) is 0 Å². The number of hydrogen-bond acceptors (Lipinski definition) is 4. The van der Waals surface area contributed by atoms with Gasteiger partial charge in [0.15, 0.2) is 11.5 Å². The second-order valence-electron chi connectivity index (χ2n) is 4.19. The van der Waals surface area contributed by atoms with Crippen LogP contribution in [0.2, 0.25) is 5.02 Å². The summed E-state index contributed by atoms with van der Waals surface area (Å²) < 4.78 is 0. The normalized spacial score (nSPS) is 10.1. The number of carbonyl (C=O) groups excluding carboxylic acids is 1. The zero-order valence-electron chi connectivity index (χ0n) is 10.6. The zero-order chi connectivity index (χ0) is 15.6. The molecule has 0 heterocycles. The van der Waals surface area contributed by atoms with Crippen LogP contribution in [0.25, 0.3) is 0 Å². The van der Waals surface area contributed by atoms with Crippen LogP contribution < -0.4 is 11.1 Å². The molecule has 5 N–H and O–H groups in total. The van der Waals surface area contributed by atoms with E-state index in [2.05, 4.69) is 5.32 Å².